The number of aromatic nitrogens is 1. The molecular formula is C14H18N2OS. The maximum absolute atomic E-state index is 5.66. The molecule has 18 heavy (non-hydrogen) atoms. The van der Waals surface area contributed by atoms with Gasteiger partial charge in [0.05, 0.1) is 12.3 Å². The number of hydrogen-bond donors (Lipinski definition) is 1. The Morgan fingerprint density at radius 3 is 2.72 bits per heavy atom. The highest BCUT2D eigenvalue weighted by Crippen LogP contribution is 2.28. The zero-order chi connectivity index (χ0) is 12.8. The molecule has 4 heteroatoms. The van der Waals surface area contributed by atoms with Crippen LogP contribution in [0.5, 0.6) is 0 Å². The summed E-state index contributed by atoms with van der Waals surface area (Å²) in [5.41, 5.74) is 7.87. The van der Waals surface area contributed by atoms with Crippen LogP contribution in [-0.4, -0.2) is 18.1 Å². The Bertz CT molecular complexity index is 482. The minimum atomic E-state index is 0.589. The maximum Gasteiger partial charge on any atom is 0.119 e. The molecule has 1 heterocycles. The van der Waals surface area contributed by atoms with E-state index in [1.807, 2.05) is 25.1 Å². The van der Waals surface area contributed by atoms with Crippen LogP contribution in [0.4, 0.5) is 0 Å². The fraction of sp³-hybridized carbons (Fsp3) is 0.357. The van der Waals surface area contributed by atoms with Crippen LogP contribution in [0, 0.1) is 0 Å². The Hall–Kier alpha value is -1.23. The molecule has 0 saturated carbocycles. The summed E-state index contributed by atoms with van der Waals surface area (Å²) < 4.78 is 5.42. The summed E-state index contributed by atoms with van der Waals surface area (Å²) in [6, 6.07) is 10.2. The molecule has 0 unspecified atom stereocenters. The van der Waals surface area contributed by atoms with Crippen molar-refractivity contribution in [2.24, 2.45) is 5.73 Å². The van der Waals surface area contributed by atoms with Gasteiger partial charge in [-0.2, -0.15) is 0 Å². The molecule has 96 valence electrons. The maximum atomic E-state index is 5.66. The van der Waals surface area contributed by atoms with Crippen molar-refractivity contribution in [2.75, 3.05) is 13.2 Å². The summed E-state index contributed by atoms with van der Waals surface area (Å²) >= 11 is 1.70. The lowest BCUT2D eigenvalue weighted by molar-refractivity contribution is 0.134. The van der Waals surface area contributed by atoms with Gasteiger partial charge in [-0.3, -0.25) is 0 Å². The molecule has 2 N–H and O–H groups in total. The topological polar surface area (TPSA) is 48.1 Å². The van der Waals surface area contributed by atoms with Crippen molar-refractivity contribution in [1.29, 1.82) is 0 Å². The molecule has 2 rings (SSSR count). The molecule has 0 atom stereocenters. The summed E-state index contributed by atoms with van der Waals surface area (Å²) in [5, 5.41) is 1.03. The normalized spacial score (nSPS) is 10.8. The monoisotopic (exact) mass is 262 g/mol. The molecule has 1 aromatic carbocycles. The van der Waals surface area contributed by atoms with E-state index in [0.29, 0.717) is 19.8 Å². The molecule has 1 aromatic heterocycles. The third kappa shape index (κ3) is 3.16. The summed E-state index contributed by atoms with van der Waals surface area (Å²) in [5.74, 6) is 0. The third-order valence-corrected chi connectivity index (χ3v) is 3.68. The Balaban J connectivity index is 2.29. The number of nitrogens with zero attached hydrogens (tertiary/aromatic N) is 1. The van der Waals surface area contributed by atoms with Gasteiger partial charge >= 0.3 is 0 Å². The first-order valence-corrected chi connectivity index (χ1v) is 6.98. The largest absolute Gasteiger partial charge is 0.375 e. The van der Waals surface area contributed by atoms with Crippen LogP contribution in [0.15, 0.2) is 30.3 Å². The fourth-order valence-corrected chi connectivity index (χ4v) is 2.82. The second kappa shape index (κ2) is 6.64. The van der Waals surface area contributed by atoms with Gasteiger partial charge in [0.2, 0.25) is 0 Å². The zero-order valence-corrected chi connectivity index (χ0v) is 11.4. The van der Waals surface area contributed by atoms with Gasteiger partial charge < -0.3 is 10.5 Å². The molecule has 0 aliphatic rings. The predicted molar refractivity (Wildman–Crippen MR) is 75.6 cm³/mol. The Morgan fingerprint density at radius 1 is 1.28 bits per heavy atom. The summed E-state index contributed by atoms with van der Waals surface area (Å²) in [7, 11) is 0. The number of hydrogen-bond acceptors (Lipinski definition) is 4. The molecule has 2 aromatic rings. The summed E-state index contributed by atoms with van der Waals surface area (Å²) in [6.45, 7) is 3.95. The molecular weight excluding hydrogens is 244 g/mol. The van der Waals surface area contributed by atoms with Gasteiger partial charge in [0.25, 0.3) is 0 Å². The Labute approximate surface area is 112 Å². The standard InChI is InChI=1S/C14H18N2OS/c1-2-17-10-13-16-14(12(18-13)8-9-15)11-6-4-3-5-7-11/h3-7H,2,8-10,15H2,1H3. The van der Waals surface area contributed by atoms with Crippen LogP contribution in [-0.2, 0) is 17.8 Å². The van der Waals surface area contributed by atoms with E-state index in [9.17, 15) is 0 Å². The van der Waals surface area contributed by atoms with Crippen LogP contribution in [0.2, 0.25) is 0 Å². The molecule has 0 aliphatic carbocycles. The van der Waals surface area contributed by atoms with Gasteiger partial charge in [0, 0.05) is 17.0 Å². The number of benzene rings is 1. The Kier molecular flexibility index (Phi) is 4.87. The van der Waals surface area contributed by atoms with E-state index in [4.69, 9.17) is 10.5 Å². The second-order valence-electron chi connectivity index (χ2n) is 3.92. The molecule has 0 spiro atoms. The van der Waals surface area contributed by atoms with E-state index < -0.39 is 0 Å². The van der Waals surface area contributed by atoms with E-state index in [1.54, 1.807) is 11.3 Å². The number of nitrogens with two attached hydrogens (primary N) is 1. The highest BCUT2D eigenvalue weighted by Gasteiger charge is 2.12. The van der Waals surface area contributed by atoms with Gasteiger partial charge in [-0.1, -0.05) is 30.3 Å². The minimum Gasteiger partial charge on any atom is -0.375 e. The predicted octanol–water partition coefficient (Wildman–Crippen LogP) is 2.85. The van der Waals surface area contributed by atoms with Gasteiger partial charge in [0.1, 0.15) is 5.01 Å². The van der Waals surface area contributed by atoms with E-state index >= 15 is 0 Å². The lowest BCUT2D eigenvalue weighted by Crippen LogP contribution is -2.02. The van der Waals surface area contributed by atoms with Gasteiger partial charge in [-0.15, -0.1) is 11.3 Å². The van der Waals surface area contributed by atoms with E-state index in [1.165, 1.54) is 4.88 Å². The molecule has 0 radical (unpaired) electrons. The zero-order valence-electron chi connectivity index (χ0n) is 10.6. The fourth-order valence-electron chi connectivity index (χ4n) is 1.77. The van der Waals surface area contributed by atoms with Crippen LogP contribution >= 0.6 is 11.3 Å². The van der Waals surface area contributed by atoms with Crippen LogP contribution in [0.25, 0.3) is 11.3 Å². The van der Waals surface area contributed by atoms with Crippen molar-refractivity contribution in [3.8, 4) is 11.3 Å². The quantitative estimate of drug-likeness (QED) is 0.871. The van der Waals surface area contributed by atoms with Crippen LogP contribution < -0.4 is 5.73 Å². The van der Waals surface area contributed by atoms with Gasteiger partial charge in [-0.05, 0) is 19.9 Å². The molecule has 0 amide bonds. The van der Waals surface area contributed by atoms with Crippen LogP contribution in [0.3, 0.4) is 0 Å². The highest BCUT2D eigenvalue weighted by molar-refractivity contribution is 7.12. The number of ether oxygens (including phenoxy) is 1. The summed E-state index contributed by atoms with van der Waals surface area (Å²) in [6.07, 6.45) is 0.869. The first-order chi connectivity index (χ1) is 8.85. The first kappa shape index (κ1) is 13.2. The highest BCUT2D eigenvalue weighted by atomic mass is 32.1. The minimum absolute atomic E-state index is 0.589. The number of thiazole rings is 1. The van der Waals surface area contributed by atoms with Crippen molar-refractivity contribution in [3.63, 3.8) is 0 Å². The molecule has 0 bridgehead atoms. The number of rotatable bonds is 6. The average molecular weight is 262 g/mol. The lowest BCUT2D eigenvalue weighted by Gasteiger charge is -2.00. The average Bonchev–Trinajstić information content (AvgIpc) is 2.81. The first-order valence-electron chi connectivity index (χ1n) is 6.17. The lowest BCUT2D eigenvalue weighted by atomic mass is 10.1. The van der Waals surface area contributed by atoms with Crippen molar-refractivity contribution >= 4 is 11.3 Å². The van der Waals surface area contributed by atoms with Gasteiger partial charge in [0.15, 0.2) is 0 Å². The van der Waals surface area contributed by atoms with E-state index in [-0.39, 0.29) is 0 Å². The van der Waals surface area contributed by atoms with Crippen molar-refractivity contribution < 1.29 is 4.74 Å². The molecule has 0 fully saturated rings. The molecule has 0 aliphatic heterocycles. The Morgan fingerprint density at radius 2 is 2.06 bits per heavy atom. The molecule has 0 saturated heterocycles. The smallest absolute Gasteiger partial charge is 0.119 e. The van der Waals surface area contributed by atoms with Crippen molar-refractivity contribution in [3.05, 3.63) is 40.2 Å². The second-order valence-corrected chi connectivity index (χ2v) is 5.09. The van der Waals surface area contributed by atoms with Crippen LogP contribution in [0.1, 0.15) is 16.8 Å². The van der Waals surface area contributed by atoms with E-state index in [0.717, 1.165) is 22.7 Å². The molecule has 3 nitrogen and oxygen atoms in total. The van der Waals surface area contributed by atoms with Crippen molar-refractivity contribution in [2.45, 2.75) is 20.0 Å². The van der Waals surface area contributed by atoms with Gasteiger partial charge in [-0.25, -0.2) is 4.98 Å². The van der Waals surface area contributed by atoms with Crippen molar-refractivity contribution in [1.82, 2.24) is 4.98 Å². The summed E-state index contributed by atoms with van der Waals surface area (Å²) in [4.78, 5) is 5.92. The van der Waals surface area contributed by atoms with E-state index in [2.05, 4.69) is 17.1 Å². The SMILES string of the molecule is CCOCc1nc(-c2ccccc2)c(CCN)s1. The third-order valence-electron chi connectivity index (χ3n) is 2.59.